The monoisotopic (exact) mass is 463 g/mol. The number of benzene rings is 3. The Balaban J connectivity index is 1.68. The van der Waals surface area contributed by atoms with Gasteiger partial charge < -0.3 is 24.1 Å². The van der Waals surface area contributed by atoms with Crippen molar-refractivity contribution in [3.05, 3.63) is 83.4 Å². The predicted octanol–water partition coefficient (Wildman–Crippen LogP) is 4.74. The zero-order chi connectivity index (χ0) is 24.2. The lowest BCUT2D eigenvalue weighted by molar-refractivity contribution is 0.0937. The van der Waals surface area contributed by atoms with Crippen LogP contribution in [0.2, 0.25) is 0 Å². The van der Waals surface area contributed by atoms with Crippen molar-refractivity contribution < 1.29 is 23.4 Å². The van der Waals surface area contributed by atoms with Crippen molar-refractivity contribution in [1.82, 2.24) is 14.9 Å². The molecule has 0 aliphatic rings. The molecule has 1 aromatic heterocycles. The van der Waals surface area contributed by atoms with Crippen LogP contribution in [-0.4, -0.2) is 36.8 Å². The van der Waals surface area contributed by atoms with Gasteiger partial charge >= 0.3 is 0 Å². The fraction of sp³-hybridized carbons (Fsp3) is 0.231. The molecule has 0 saturated carbocycles. The molecule has 34 heavy (non-hydrogen) atoms. The number of ether oxygens (including phenoxy) is 3. The number of carbonyl (C=O) groups excluding carboxylic acids is 1. The lowest BCUT2D eigenvalue weighted by atomic mass is 10.1. The molecule has 3 aromatic carbocycles. The molecule has 0 bridgehead atoms. The number of hydrogen-bond acceptors (Lipinski definition) is 5. The van der Waals surface area contributed by atoms with Crippen molar-refractivity contribution in [2.24, 2.45) is 0 Å². The minimum absolute atomic E-state index is 0.285. The van der Waals surface area contributed by atoms with Gasteiger partial charge in [0.1, 0.15) is 11.6 Å². The summed E-state index contributed by atoms with van der Waals surface area (Å²) in [6.45, 7) is 2.13. The van der Waals surface area contributed by atoms with Crippen molar-refractivity contribution in [3.63, 3.8) is 0 Å². The van der Waals surface area contributed by atoms with Gasteiger partial charge in [-0.25, -0.2) is 9.37 Å². The zero-order valence-electron chi connectivity index (χ0n) is 19.5. The standard InChI is InChI=1S/C26H26FN3O4/c1-16(28-26(31)18-13-22(32-2)24(34-4)23(14-18)33-3)25-29-20-11-7-8-12-21(20)30(25)15-17-9-5-6-10-19(17)27/h5-14,16H,15H2,1-4H3,(H,28,31). The Kier molecular flexibility index (Phi) is 6.67. The van der Waals surface area contributed by atoms with Crippen LogP contribution in [0.15, 0.2) is 60.7 Å². The molecule has 1 atom stereocenters. The van der Waals surface area contributed by atoms with Gasteiger partial charge in [-0.3, -0.25) is 4.79 Å². The molecule has 4 aromatic rings. The molecule has 1 heterocycles. The van der Waals surface area contributed by atoms with Gasteiger partial charge in [-0.05, 0) is 37.3 Å². The molecule has 0 spiro atoms. The summed E-state index contributed by atoms with van der Waals surface area (Å²) in [5.74, 6) is 1.15. The Morgan fingerprint density at radius 2 is 1.65 bits per heavy atom. The van der Waals surface area contributed by atoms with Crippen LogP contribution in [0, 0.1) is 5.82 Å². The quantitative estimate of drug-likeness (QED) is 0.409. The van der Waals surface area contributed by atoms with Crippen molar-refractivity contribution in [2.45, 2.75) is 19.5 Å². The van der Waals surface area contributed by atoms with E-state index in [4.69, 9.17) is 19.2 Å². The van der Waals surface area contributed by atoms with Gasteiger partial charge in [-0.15, -0.1) is 0 Å². The molecule has 176 valence electrons. The number of rotatable bonds is 8. The minimum Gasteiger partial charge on any atom is -0.493 e. The van der Waals surface area contributed by atoms with E-state index in [9.17, 15) is 9.18 Å². The fourth-order valence-electron chi connectivity index (χ4n) is 3.94. The maximum Gasteiger partial charge on any atom is 0.252 e. The normalized spacial score (nSPS) is 11.8. The van der Waals surface area contributed by atoms with Crippen molar-refractivity contribution in [3.8, 4) is 17.2 Å². The van der Waals surface area contributed by atoms with Crippen LogP contribution in [0.4, 0.5) is 4.39 Å². The highest BCUT2D eigenvalue weighted by atomic mass is 19.1. The molecule has 0 saturated heterocycles. The number of carbonyl (C=O) groups is 1. The molecular weight excluding hydrogens is 437 g/mol. The molecule has 0 aliphatic carbocycles. The van der Waals surface area contributed by atoms with E-state index in [-0.39, 0.29) is 18.3 Å². The first-order chi connectivity index (χ1) is 16.5. The third kappa shape index (κ3) is 4.39. The van der Waals surface area contributed by atoms with E-state index in [0.717, 1.165) is 11.0 Å². The molecule has 1 N–H and O–H groups in total. The smallest absolute Gasteiger partial charge is 0.252 e. The van der Waals surface area contributed by atoms with E-state index in [0.29, 0.717) is 34.2 Å². The van der Waals surface area contributed by atoms with Gasteiger partial charge in [0.2, 0.25) is 5.75 Å². The minimum atomic E-state index is -0.467. The van der Waals surface area contributed by atoms with Crippen LogP contribution >= 0.6 is 0 Å². The van der Waals surface area contributed by atoms with Gasteiger partial charge in [0.15, 0.2) is 11.5 Å². The SMILES string of the molecule is COc1cc(C(=O)NC(C)c2nc3ccccc3n2Cc2ccccc2F)cc(OC)c1OC. The summed E-state index contributed by atoms with van der Waals surface area (Å²) in [7, 11) is 4.49. The number of amides is 1. The Hall–Kier alpha value is -4.07. The Morgan fingerprint density at radius 3 is 2.29 bits per heavy atom. The van der Waals surface area contributed by atoms with Crippen LogP contribution in [0.1, 0.15) is 34.7 Å². The Morgan fingerprint density at radius 1 is 1.00 bits per heavy atom. The highest BCUT2D eigenvalue weighted by Crippen LogP contribution is 2.38. The molecule has 4 rings (SSSR count). The third-order valence-electron chi connectivity index (χ3n) is 5.63. The average Bonchev–Trinajstić information content (AvgIpc) is 3.22. The van der Waals surface area contributed by atoms with Crippen LogP contribution < -0.4 is 19.5 Å². The van der Waals surface area contributed by atoms with Crippen LogP contribution in [0.3, 0.4) is 0 Å². The van der Waals surface area contributed by atoms with Crippen molar-refractivity contribution in [2.75, 3.05) is 21.3 Å². The first-order valence-electron chi connectivity index (χ1n) is 10.8. The van der Waals surface area contributed by atoms with E-state index >= 15 is 0 Å². The summed E-state index contributed by atoms with van der Waals surface area (Å²) in [5.41, 5.74) is 2.51. The maximum absolute atomic E-state index is 14.4. The van der Waals surface area contributed by atoms with Crippen molar-refractivity contribution >= 4 is 16.9 Å². The van der Waals surface area contributed by atoms with E-state index in [1.165, 1.54) is 27.4 Å². The maximum atomic E-state index is 14.4. The number of halogens is 1. The first-order valence-corrected chi connectivity index (χ1v) is 10.8. The molecule has 0 aliphatic heterocycles. The number of nitrogens with zero attached hydrogens (tertiary/aromatic N) is 2. The summed E-state index contributed by atoms with van der Waals surface area (Å²) < 4.78 is 32.4. The first kappa shape index (κ1) is 23.1. The van der Waals surface area contributed by atoms with E-state index in [1.54, 1.807) is 30.3 Å². The van der Waals surface area contributed by atoms with E-state index < -0.39 is 6.04 Å². The summed E-state index contributed by atoms with van der Waals surface area (Å²) >= 11 is 0. The van der Waals surface area contributed by atoms with Gasteiger partial charge in [-0.2, -0.15) is 0 Å². The number of methoxy groups -OCH3 is 3. The second-order valence-corrected chi connectivity index (χ2v) is 7.75. The molecule has 1 amide bonds. The number of imidazole rings is 1. The molecule has 0 fully saturated rings. The largest absolute Gasteiger partial charge is 0.493 e. The lowest BCUT2D eigenvalue weighted by Gasteiger charge is -2.18. The average molecular weight is 464 g/mol. The molecule has 1 unspecified atom stereocenters. The topological polar surface area (TPSA) is 74.6 Å². The van der Waals surface area contributed by atoms with E-state index in [1.807, 2.05) is 35.8 Å². The summed E-state index contributed by atoms with van der Waals surface area (Å²) in [6.07, 6.45) is 0. The van der Waals surface area contributed by atoms with Gasteiger partial charge in [-0.1, -0.05) is 30.3 Å². The number of fused-ring (bicyclic) bond motifs is 1. The molecule has 0 radical (unpaired) electrons. The van der Waals surface area contributed by atoms with Gasteiger partial charge in [0, 0.05) is 11.1 Å². The highest BCUT2D eigenvalue weighted by molar-refractivity contribution is 5.96. The highest BCUT2D eigenvalue weighted by Gasteiger charge is 2.22. The lowest BCUT2D eigenvalue weighted by Crippen LogP contribution is -2.29. The number of nitrogens with one attached hydrogen (secondary N) is 1. The summed E-state index contributed by atoms with van der Waals surface area (Å²) in [4.78, 5) is 17.9. The Labute approximate surface area is 197 Å². The second kappa shape index (κ2) is 9.82. The number of aromatic nitrogens is 2. The van der Waals surface area contributed by atoms with Crippen LogP contribution in [0.25, 0.3) is 11.0 Å². The fourth-order valence-corrected chi connectivity index (χ4v) is 3.94. The third-order valence-corrected chi connectivity index (χ3v) is 5.63. The molecule has 7 nitrogen and oxygen atoms in total. The van der Waals surface area contributed by atoms with Gasteiger partial charge in [0.25, 0.3) is 5.91 Å². The molecule has 8 heteroatoms. The number of para-hydroxylation sites is 2. The van der Waals surface area contributed by atoms with Crippen molar-refractivity contribution in [1.29, 1.82) is 0 Å². The van der Waals surface area contributed by atoms with Crippen LogP contribution in [0.5, 0.6) is 17.2 Å². The van der Waals surface area contributed by atoms with E-state index in [2.05, 4.69) is 5.32 Å². The summed E-state index contributed by atoms with van der Waals surface area (Å²) in [5, 5.41) is 2.99. The molecular formula is C26H26FN3O4. The summed E-state index contributed by atoms with van der Waals surface area (Å²) in [6, 6.07) is 17.0. The number of hydrogen-bond donors (Lipinski definition) is 1. The van der Waals surface area contributed by atoms with Crippen LogP contribution in [-0.2, 0) is 6.54 Å². The zero-order valence-corrected chi connectivity index (χ0v) is 19.5. The second-order valence-electron chi connectivity index (χ2n) is 7.75. The Bertz CT molecular complexity index is 1310. The predicted molar refractivity (Wildman–Crippen MR) is 127 cm³/mol. The van der Waals surface area contributed by atoms with Gasteiger partial charge in [0.05, 0.1) is 44.9 Å².